The van der Waals surface area contributed by atoms with Gasteiger partial charge in [-0.2, -0.15) is 0 Å². The number of esters is 3. The third-order valence-electron chi connectivity index (χ3n) is 12.2. The zero-order chi connectivity index (χ0) is 44.0. The van der Waals surface area contributed by atoms with Crippen LogP contribution in [0, 0.1) is 11.8 Å². The van der Waals surface area contributed by atoms with Crippen LogP contribution in [0.1, 0.15) is 298 Å². The van der Waals surface area contributed by atoms with Gasteiger partial charge in [0.1, 0.15) is 13.2 Å². The molecule has 60 heavy (non-hydrogen) atoms. The van der Waals surface area contributed by atoms with Crippen LogP contribution in [0.25, 0.3) is 0 Å². The molecule has 1 atom stereocenters. The molecule has 0 N–H and O–H groups in total. The van der Waals surface area contributed by atoms with Crippen molar-refractivity contribution >= 4 is 17.9 Å². The molecule has 0 rings (SSSR count). The van der Waals surface area contributed by atoms with Crippen LogP contribution >= 0.6 is 0 Å². The van der Waals surface area contributed by atoms with Gasteiger partial charge in [0.05, 0.1) is 0 Å². The van der Waals surface area contributed by atoms with Crippen LogP contribution in [0.2, 0.25) is 0 Å². The monoisotopic (exact) mass is 849 g/mol. The zero-order valence-electron chi connectivity index (χ0n) is 41.1. The SMILES string of the molecule is CCCCCCCCCCCCCCCCCCC(=O)O[C@H](COC(=O)CCCCCCCCCCCCCCC(C)C)COC(=O)CCCCCCCCCCC(C)C. The van der Waals surface area contributed by atoms with Crippen molar-refractivity contribution < 1.29 is 28.6 Å². The van der Waals surface area contributed by atoms with Crippen molar-refractivity contribution in [3.8, 4) is 0 Å². The molecule has 0 saturated heterocycles. The lowest BCUT2D eigenvalue weighted by Gasteiger charge is -2.18. The Balaban J connectivity index is 4.30. The predicted molar refractivity (Wildman–Crippen MR) is 256 cm³/mol. The van der Waals surface area contributed by atoms with Gasteiger partial charge >= 0.3 is 17.9 Å². The van der Waals surface area contributed by atoms with E-state index >= 15 is 0 Å². The number of unbranched alkanes of at least 4 members (excludes halogenated alkanes) is 33. The maximum Gasteiger partial charge on any atom is 0.306 e. The third-order valence-corrected chi connectivity index (χ3v) is 12.2. The summed E-state index contributed by atoms with van der Waals surface area (Å²) in [4.78, 5) is 38.0. The molecular weight excluding hydrogens is 745 g/mol. The van der Waals surface area contributed by atoms with E-state index in [0.717, 1.165) is 69.6 Å². The summed E-state index contributed by atoms with van der Waals surface area (Å²) in [5.41, 5.74) is 0. The van der Waals surface area contributed by atoms with E-state index in [9.17, 15) is 14.4 Å². The van der Waals surface area contributed by atoms with Gasteiger partial charge in [0.15, 0.2) is 6.10 Å². The maximum absolute atomic E-state index is 12.8. The largest absolute Gasteiger partial charge is 0.462 e. The second-order valence-electron chi connectivity index (χ2n) is 19.5. The van der Waals surface area contributed by atoms with Crippen molar-refractivity contribution in [1.82, 2.24) is 0 Å². The second kappa shape index (κ2) is 46.9. The first-order chi connectivity index (χ1) is 29.2. The molecule has 0 bridgehead atoms. The summed E-state index contributed by atoms with van der Waals surface area (Å²) < 4.78 is 16.8. The maximum atomic E-state index is 12.8. The average molecular weight is 849 g/mol. The molecule has 356 valence electrons. The molecule has 6 heteroatoms. The minimum absolute atomic E-state index is 0.0638. The zero-order valence-corrected chi connectivity index (χ0v) is 41.1. The molecular formula is C54H104O6. The quantitative estimate of drug-likeness (QED) is 0.0345. The second-order valence-corrected chi connectivity index (χ2v) is 19.5. The molecule has 0 aliphatic carbocycles. The topological polar surface area (TPSA) is 78.9 Å². The van der Waals surface area contributed by atoms with E-state index in [4.69, 9.17) is 14.2 Å². The van der Waals surface area contributed by atoms with Gasteiger partial charge in [0, 0.05) is 19.3 Å². The molecule has 0 aliphatic rings. The van der Waals surface area contributed by atoms with Gasteiger partial charge in [-0.1, -0.05) is 259 Å². The molecule has 0 unspecified atom stereocenters. The Morgan fingerprint density at radius 2 is 0.550 bits per heavy atom. The fourth-order valence-electron chi connectivity index (χ4n) is 8.17. The van der Waals surface area contributed by atoms with Crippen LogP contribution in [0.5, 0.6) is 0 Å². The van der Waals surface area contributed by atoms with Crippen molar-refractivity contribution in [2.24, 2.45) is 11.8 Å². The van der Waals surface area contributed by atoms with Crippen LogP contribution in [0.4, 0.5) is 0 Å². The standard InChI is InChI=1S/C54H104O6/c1-6-7-8-9-10-11-12-13-14-15-16-21-24-31-36-41-46-54(57)60-51(48-59-53(56)45-40-35-30-26-25-28-33-38-43-50(4)5)47-58-52(55)44-39-34-29-23-20-18-17-19-22-27-32-37-42-49(2)3/h49-51H,6-48H2,1-5H3/t51-/m1/s1. The van der Waals surface area contributed by atoms with Crippen LogP contribution in [-0.2, 0) is 28.6 Å². The predicted octanol–water partition coefficient (Wildman–Crippen LogP) is 17.3. The van der Waals surface area contributed by atoms with Crippen molar-refractivity contribution in [3.63, 3.8) is 0 Å². The highest BCUT2D eigenvalue weighted by atomic mass is 16.6. The molecule has 6 nitrogen and oxygen atoms in total. The summed E-state index contributed by atoms with van der Waals surface area (Å²) in [7, 11) is 0. The van der Waals surface area contributed by atoms with Crippen molar-refractivity contribution in [2.75, 3.05) is 13.2 Å². The van der Waals surface area contributed by atoms with Gasteiger partial charge in [-0.3, -0.25) is 14.4 Å². The van der Waals surface area contributed by atoms with Crippen molar-refractivity contribution in [3.05, 3.63) is 0 Å². The van der Waals surface area contributed by atoms with Gasteiger partial charge in [-0.25, -0.2) is 0 Å². The van der Waals surface area contributed by atoms with E-state index in [1.807, 2.05) is 0 Å². The molecule has 0 aromatic carbocycles. The smallest absolute Gasteiger partial charge is 0.306 e. The summed E-state index contributed by atoms with van der Waals surface area (Å²) in [6.07, 6.45) is 48.1. The third kappa shape index (κ3) is 47.5. The first-order valence-corrected chi connectivity index (χ1v) is 26.7. The molecule has 0 radical (unpaired) electrons. The van der Waals surface area contributed by atoms with E-state index in [0.29, 0.717) is 19.3 Å². The van der Waals surface area contributed by atoms with Gasteiger partial charge in [-0.15, -0.1) is 0 Å². The highest BCUT2D eigenvalue weighted by molar-refractivity contribution is 5.71. The first kappa shape index (κ1) is 58.4. The van der Waals surface area contributed by atoms with Gasteiger partial charge in [0.2, 0.25) is 0 Å². The lowest BCUT2D eigenvalue weighted by molar-refractivity contribution is -0.167. The Kier molecular flexibility index (Phi) is 45.7. The van der Waals surface area contributed by atoms with E-state index in [-0.39, 0.29) is 31.1 Å². The van der Waals surface area contributed by atoms with Crippen LogP contribution in [0.3, 0.4) is 0 Å². The minimum atomic E-state index is -0.762. The fourth-order valence-corrected chi connectivity index (χ4v) is 8.17. The molecule has 0 amide bonds. The number of ether oxygens (including phenoxy) is 3. The van der Waals surface area contributed by atoms with Crippen LogP contribution in [-0.4, -0.2) is 37.2 Å². The lowest BCUT2D eigenvalue weighted by Crippen LogP contribution is -2.30. The Morgan fingerprint density at radius 3 is 0.817 bits per heavy atom. The highest BCUT2D eigenvalue weighted by Crippen LogP contribution is 2.17. The molecule has 0 aromatic heterocycles. The van der Waals surface area contributed by atoms with Crippen molar-refractivity contribution in [2.45, 2.75) is 304 Å². The number of carbonyl (C=O) groups excluding carboxylic acids is 3. The Bertz CT molecular complexity index is 916. The molecule has 0 aromatic rings. The van der Waals surface area contributed by atoms with E-state index in [1.54, 1.807) is 0 Å². The van der Waals surface area contributed by atoms with Crippen molar-refractivity contribution in [1.29, 1.82) is 0 Å². The number of hydrogen-bond acceptors (Lipinski definition) is 6. The van der Waals surface area contributed by atoms with Gasteiger partial charge < -0.3 is 14.2 Å². The van der Waals surface area contributed by atoms with Crippen LogP contribution in [0.15, 0.2) is 0 Å². The minimum Gasteiger partial charge on any atom is -0.462 e. The molecule has 0 heterocycles. The molecule has 0 saturated carbocycles. The number of carbonyl (C=O) groups is 3. The van der Waals surface area contributed by atoms with E-state index in [1.165, 1.54) is 186 Å². The average Bonchev–Trinajstić information content (AvgIpc) is 3.22. The summed E-state index contributed by atoms with van der Waals surface area (Å²) in [5, 5.41) is 0. The summed E-state index contributed by atoms with van der Waals surface area (Å²) in [5.74, 6) is 0.783. The highest BCUT2D eigenvalue weighted by Gasteiger charge is 2.19. The number of rotatable bonds is 48. The summed E-state index contributed by atoms with van der Waals surface area (Å²) >= 11 is 0. The normalized spacial score (nSPS) is 12.1. The Hall–Kier alpha value is -1.59. The summed E-state index contributed by atoms with van der Waals surface area (Å²) in [6.45, 7) is 11.4. The lowest BCUT2D eigenvalue weighted by atomic mass is 10.0. The first-order valence-electron chi connectivity index (χ1n) is 26.7. The molecule has 0 fully saturated rings. The van der Waals surface area contributed by atoms with Gasteiger partial charge in [-0.05, 0) is 31.1 Å². The number of hydrogen-bond donors (Lipinski definition) is 0. The molecule has 0 spiro atoms. The Labute approximate surface area is 374 Å². The van der Waals surface area contributed by atoms with Gasteiger partial charge in [0.25, 0.3) is 0 Å². The van der Waals surface area contributed by atoms with E-state index < -0.39 is 6.10 Å². The van der Waals surface area contributed by atoms with E-state index in [2.05, 4.69) is 34.6 Å². The molecule has 0 aliphatic heterocycles. The summed E-state index contributed by atoms with van der Waals surface area (Å²) in [6, 6.07) is 0. The fraction of sp³-hybridized carbons (Fsp3) is 0.944. The van der Waals surface area contributed by atoms with Crippen LogP contribution < -0.4 is 0 Å². The Morgan fingerprint density at radius 1 is 0.317 bits per heavy atom.